The fourth-order valence-electron chi connectivity index (χ4n) is 4.23. The van der Waals surface area contributed by atoms with E-state index in [2.05, 4.69) is 15.6 Å². The number of carbonyl (C=O) groups excluding carboxylic acids is 2. The maximum Gasteiger partial charge on any atom is 0.270 e. The molecule has 0 bridgehead atoms. The van der Waals surface area contributed by atoms with Crippen LogP contribution >= 0.6 is 0 Å². The molecule has 1 aromatic carbocycles. The van der Waals surface area contributed by atoms with Crippen molar-refractivity contribution in [2.75, 3.05) is 31.1 Å². The van der Waals surface area contributed by atoms with E-state index in [4.69, 9.17) is 0 Å². The van der Waals surface area contributed by atoms with Crippen molar-refractivity contribution in [3.63, 3.8) is 0 Å². The van der Waals surface area contributed by atoms with E-state index in [9.17, 15) is 22.4 Å². The third-order valence-electron chi connectivity index (χ3n) is 6.32. The highest BCUT2D eigenvalue weighted by atomic mass is 32.2. The van der Waals surface area contributed by atoms with Crippen molar-refractivity contribution in [3.05, 3.63) is 65.7 Å². The molecule has 0 radical (unpaired) electrons. The molecule has 8 nitrogen and oxygen atoms in total. The summed E-state index contributed by atoms with van der Waals surface area (Å²) in [5.41, 5.74) is 1.33. The first-order chi connectivity index (χ1) is 16.3. The van der Waals surface area contributed by atoms with Crippen LogP contribution in [0.25, 0.3) is 0 Å². The van der Waals surface area contributed by atoms with E-state index in [-0.39, 0.29) is 42.0 Å². The van der Waals surface area contributed by atoms with Crippen molar-refractivity contribution >= 4 is 21.7 Å². The Morgan fingerprint density at radius 3 is 2.53 bits per heavy atom. The number of benzene rings is 1. The van der Waals surface area contributed by atoms with Crippen LogP contribution in [0.3, 0.4) is 0 Å². The molecule has 34 heavy (non-hydrogen) atoms. The van der Waals surface area contributed by atoms with E-state index in [1.165, 1.54) is 23.2 Å². The Bertz CT molecular complexity index is 1100. The Labute approximate surface area is 198 Å². The number of pyridine rings is 1. The number of nitrogens with zero attached hydrogens (tertiary/aromatic N) is 2. The number of rotatable bonds is 9. The Kier molecular flexibility index (Phi) is 7.57. The monoisotopic (exact) mass is 488 g/mol. The first-order valence-electron chi connectivity index (χ1n) is 11.5. The molecule has 2 aliphatic rings. The second kappa shape index (κ2) is 10.6. The van der Waals surface area contributed by atoms with Crippen LogP contribution in [0, 0.1) is 5.82 Å². The quantitative estimate of drug-likeness (QED) is 0.518. The van der Waals surface area contributed by atoms with Crippen LogP contribution in [0.2, 0.25) is 0 Å². The van der Waals surface area contributed by atoms with Crippen molar-refractivity contribution in [1.82, 2.24) is 20.5 Å². The average molecular weight is 489 g/mol. The predicted molar refractivity (Wildman–Crippen MR) is 126 cm³/mol. The van der Waals surface area contributed by atoms with E-state index in [1.54, 1.807) is 18.2 Å². The molecular weight excluding hydrogens is 459 g/mol. The fourth-order valence-corrected chi connectivity index (χ4v) is 5.43. The summed E-state index contributed by atoms with van der Waals surface area (Å²) in [6, 6.07) is 11.1. The van der Waals surface area contributed by atoms with Crippen LogP contribution in [0.15, 0.2) is 48.7 Å². The zero-order valence-corrected chi connectivity index (χ0v) is 19.6. The molecule has 10 heteroatoms. The minimum atomic E-state index is -3.12. The normalized spacial score (nSPS) is 22.1. The number of hydrogen-bond donors (Lipinski definition) is 2. The van der Waals surface area contributed by atoms with Crippen LogP contribution < -0.4 is 10.6 Å². The highest BCUT2D eigenvalue weighted by molar-refractivity contribution is 7.91. The maximum absolute atomic E-state index is 13.1. The summed E-state index contributed by atoms with van der Waals surface area (Å²) in [6.07, 6.45) is 3.56. The van der Waals surface area contributed by atoms with Crippen molar-refractivity contribution < 1.29 is 22.4 Å². The van der Waals surface area contributed by atoms with Gasteiger partial charge in [-0.1, -0.05) is 18.2 Å². The number of nitrogens with one attached hydrogen (secondary N) is 2. The van der Waals surface area contributed by atoms with E-state index in [1.807, 2.05) is 12.1 Å². The van der Waals surface area contributed by atoms with Gasteiger partial charge in [0.25, 0.3) is 5.91 Å². The van der Waals surface area contributed by atoms with E-state index in [0.29, 0.717) is 31.3 Å². The van der Waals surface area contributed by atoms with Gasteiger partial charge in [0.05, 0.1) is 11.5 Å². The van der Waals surface area contributed by atoms with Crippen LogP contribution in [0.5, 0.6) is 0 Å². The average Bonchev–Trinajstić information content (AvgIpc) is 3.61. The smallest absolute Gasteiger partial charge is 0.270 e. The van der Waals surface area contributed by atoms with Gasteiger partial charge in [0.2, 0.25) is 5.91 Å². The third kappa shape index (κ3) is 6.38. The molecule has 2 aromatic rings. The summed E-state index contributed by atoms with van der Waals surface area (Å²) in [4.78, 5) is 31.3. The van der Waals surface area contributed by atoms with Crippen molar-refractivity contribution in [3.8, 4) is 0 Å². The molecule has 1 saturated carbocycles. The standard InChI is InChI=1S/C24H29FN4O4S/c25-18-8-6-17(7-9-18)19-16-22(19)27-11-3-5-21(28-23(30)20-4-1-2-10-26-20)24(31)29-12-14-34(32,33)15-13-29/h1-2,4,6-10,19,21-22,27H,3,5,11-16H2,(H,28,30)/t19-,21-,22+/m0/s1. The van der Waals surface area contributed by atoms with E-state index >= 15 is 0 Å². The lowest BCUT2D eigenvalue weighted by Gasteiger charge is -2.30. The molecule has 2 amide bonds. The maximum atomic E-state index is 13.1. The largest absolute Gasteiger partial charge is 0.339 e. The molecule has 1 aliphatic carbocycles. The highest BCUT2D eigenvalue weighted by Gasteiger charge is 2.37. The molecule has 1 aliphatic heterocycles. The Morgan fingerprint density at radius 2 is 1.85 bits per heavy atom. The van der Waals surface area contributed by atoms with Gasteiger partial charge in [0.1, 0.15) is 17.6 Å². The van der Waals surface area contributed by atoms with Gasteiger partial charge in [-0.05, 0) is 55.6 Å². The van der Waals surface area contributed by atoms with E-state index in [0.717, 1.165) is 12.0 Å². The first-order valence-corrected chi connectivity index (χ1v) is 13.3. The molecular formula is C24H29FN4O4S. The van der Waals surface area contributed by atoms with Crippen molar-refractivity contribution in [2.45, 2.75) is 37.3 Å². The summed E-state index contributed by atoms with van der Waals surface area (Å²) in [5, 5.41) is 6.26. The molecule has 0 unspecified atom stereocenters. The zero-order valence-electron chi connectivity index (χ0n) is 18.8. The van der Waals surface area contributed by atoms with Crippen LogP contribution in [-0.4, -0.2) is 73.3 Å². The minimum Gasteiger partial charge on any atom is -0.339 e. The highest BCUT2D eigenvalue weighted by Crippen LogP contribution is 2.40. The number of sulfone groups is 1. The number of carbonyl (C=O) groups is 2. The molecule has 3 atom stereocenters. The molecule has 182 valence electrons. The lowest BCUT2D eigenvalue weighted by Crippen LogP contribution is -2.53. The van der Waals surface area contributed by atoms with Crippen LogP contribution in [-0.2, 0) is 14.6 Å². The number of halogens is 1. The predicted octanol–water partition coefficient (Wildman–Crippen LogP) is 1.50. The topological polar surface area (TPSA) is 108 Å². The minimum absolute atomic E-state index is 0.0618. The molecule has 1 aromatic heterocycles. The van der Waals surface area contributed by atoms with Gasteiger partial charge in [0.15, 0.2) is 9.84 Å². The third-order valence-corrected chi connectivity index (χ3v) is 7.93. The second-order valence-corrected chi connectivity index (χ2v) is 11.1. The summed E-state index contributed by atoms with van der Waals surface area (Å²) in [6.45, 7) is 0.938. The van der Waals surface area contributed by atoms with Gasteiger partial charge >= 0.3 is 0 Å². The Hall–Kier alpha value is -2.85. The van der Waals surface area contributed by atoms with Gasteiger partial charge in [-0.15, -0.1) is 0 Å². The van der Waals surface area contributed by atoms with Crippen molar-refractivity contribution in [2.24, 2.45) is 0 Å². The van der Waals surface area contributed by atoms with Gasteiger partial charge in [-0.25, -0.2) is 12.8 Å². The molecule has 2 N–H and O–H groups in total. The van der Waals surface area contributed by atoms with Gasteiger partial charge in [0, 0.05) is 31.2 Å². The number of amides is 2. The summed E-state index contributed by atoms with van der Waals surface area (Å²) in [7, 11) is -3.12. The summed E-state index contributed by atoms with van der Waals surface area (Å²) >= 11 is 0. The zero-order chi connectivity index (χ0) is 24.1. The molecule has 1 saturated heterocycles. The Morgan fingerprint density at radius 1 is 1.12 bits per heavy atom. The first kappa shape index (κ1) is 24.3. The fraction of sp³-hybridized carbons (Fsp3) is 0.458. The van der Waals surface area contributed by atoms with Gasteiger partial charge in [-0.3, -0.25) is 14.6 Å². The lowest BCUT2D eigenvalue weighted by atomic mass is 10.1. The van der Waals surface area contributed by atoms with Crippen LogP contribution in [0.1, 0.15) is 41.2 Å². The molecule has 4 rings (SSSR count). The number of aromatic nitrogens is 1. The van der Waals surface area contributed by atoms with E-state index < -0.39 is 21.8 Å². The summed E-state index contributed by atoms with van der Waals surface area (Å²) < 4.78 is 36.6. The molecule has 2 fully saturated rings. The van der Waals surface area contributed by atoms with Crippen LogP contribution in [0.4, 0.5) is 4.39 Å². The van der Waals surface area contributed by atoms with Crippen molar-refractivity contribution in [1.29, 1.82) is 0 Å². The number of hydrogen-bond acceptors (Lipinski definition) is 6. The SMILES string of the molecule is O=C(N[C@@H](CCCN[C@@H]1C[C@H]1c1ccc(F)cc1)C(=O)N1CCS(=O)(=O)CC1)c1ccccn1. The van der Waals surface area contributed by atoms with Gasteiger partial charge < -0.3 is 15.5 Å². The Balaban J connectivity index is 1.31. The molecule has 0 spiro atoms. The second-order valence-electron chi connectivity index (χ2n) is 8.81. The van der Waals surface area contributed by atoms with Gasteiger partial charge in [-0.2, -0.15) is 0 Å². The lowest BCUT2D eigenvalue weighted by molar-refractivity contribution is -0.133. The molecule has 2 heterocycles. The summed E-state index contributed by atoms with van der Waals surface area (Å²) in [5.74, 6) is -0.716.